The lowest BCUT2D eigenvalue weighted by molar-refractivity contribution is -0.117. The van der Waals surface area contributed by atoms with E-state index >= 15 is 0 Å². The van der Waals surface area contributed by atoms with E-state index in [4.69, 9.17) is 4.74 Å². The van der Waals surface area contributed by atoms with Gasteiger partial charge in [-0.25, -0.2) is 4.79 Å². The summed E-state index contributed by atoms with van der Waals surface area (Å²) < 4.78 is 5.43. The van der Waals surface area contributed by atoms with Gasteiger partial charge in [0.1, 0.15) is 5.60 Å². The molecule has 0 spiro atoms. The van der Waals surface area contributed by atoms with E-state index in [2.05, 4.69) is 5.32 Å². The Morgan fingerprint density at radius 3 is 2.54 bits per heavy atom. The van der Waals surface area contributed by atoms with Crippen LogP contribution in [0.25, 0.3) is 0 Å². The number of carbonyl (C=O) groups is 2. The van der Waals surface area contributed by atoms with Crippen LogP contribution in [0.3, 0.4) is 0 Å². The molecule has 0 unspecified atom stereocenters. The lowest BCUT2D eigenvalue weighted by Gasteiger charge is -2.41. The van der Waals surface area contributed by atoms with E-state index in [1.807, 2.05) is 49.9 Å². The SMILES string of the molecule is CC(C)(C)OC(=O)N1CCC(N2C(=O)CNc3ccccc32)CC1. The molecule has 0 aliphatic carbocycles. The maximum Gasteiger partial charge on any atom is 0.410 e. The summed E-state index contributed by atoms with van der Waals surface area (Å²) in [7, 11) is 0. The monoisotopic (exact) mass is 331 g/mol. The molecule has 0 atom stereocenters. The largest absolute Gasteiger partial charge is 0.444 e. The summed E-state index contributed by atoms with van der Waals surface area (Å²) in [6.45, 7) is 7.15. The van der Waals surface area contributed by atoms with E-state index < -0.39 is 5.60 Å². The van der Waals surface area contributed by atoms with Crippen LogP contribution in [-0.2, 0) is 9.53 Å². The minimum atomic E-state index is -0.485. The van der Waals surface area contributed by atoms with Gasteiger partial charge in [0.15, 0.2) is 0 Å². The molecule has 24 heavy (non-hydrogen) atoms. The smallest absolute Gasteiger partial charge is 0.410 e. The zero-order valence-electron chi connectivity index (χ0n) is 14.5. The number of piperidine rings is 1. The van der Waals surface area contributed by atoms with Gasteiger partial charge in [0.2, 0.25) is 5.91 Å². The second-order valence-electron chi connectivity index (χ2n) is 7.33. The predicted octanol–water partition coefficient (Wildman–Crippen LogP) is 2.84. The number of anilines is 2. The number of nitrogens with one attached hydrogen (secondary N) is 1. The zero-order valence-corrected chi connectivity index (χ0v) is 14.5. The molecule has 0 aromatic heterocycles. The molecule has 2 aliphatic rings. The number of hydrogen-bond donors (Lipinski definition) is 1. The highest BCUT2D eigenvalue weighted by molar-refractivity contribution is 6.03. The number of nitrogens with zero attached hydrogens (tertiary/aromatic N) is 2. The highest BCUT2D eigenvalue weighted by atomic mass is 16.6. The van der Waals surface area contributed by atoms with Crippen molar-refractivity contribution in [2.45, 2.75) is 45.3 Å². The fourth-order valence-corrected chi connectivity index (χ4v) is 3.26. The third kappa shape index (κ3) is 3.47. The number of rotatable bonds is 1. The van der Waals surface area contributed by atoms with E-state index in [0.717, 1.165) is 24.2 Å². The minimum absolute atomic E-state index is 0.0874. The summed E-state index contributed by atoms with van der Waals surface area (Å²) >= 11 is 0. The van der Waals surface area contributed by atoms with Crippen molar-refractivity contribution < 1.29 is 14.3 Å². The molecule has 0 saturated carbocycles. The van der Waals surface area contributed by atoms with E-state index in [-0.39, 0.29) is 18.0 Å². The predicted molar refractivity (Wildman–Crippen MR) is 93.2 cm³/mol. The fraction of sp³-hybridized carbons (Fsp3) is 0.556. The van der Waals surface area contributed by atoms with E-state index in [1.54, 1.807) is 4.90 Å². The maximum absolute atomic E-state index is 12.4. The van der Waals surface area contributed by atoms with Gasteiger partial charge in [0.25, 0.3) is 0 Å². The molecule has 6 heteroatoms. The molecule has 130 valence electrons. The second-order valence-corrected chi connectivity index (χ2v) is 7.33. The number of likely N-dealkylation sites (tertiary alicyclic amines) is 1. The molecule has 0 radical (unpaired) electrons. The quantitative estimate of drug-likeness (QED) is 0.859. The van der Waals surface area contributed by atoms with Crippen molar-refractivity contribution in [2.75, 3.05) is 29.9 Å². The molecule has 1 N–H and O–H groups in total. The Kier molecular flexibility index (Phi) is 4.39. The molecule has 3 rings (SSSR count). The van der Waals surface area contributed by atoms with Crippen LogP contribution in [-0.4, -0.2) is 48.2 Å². The molecule has 2 heterocycles. The molecule has 0 bridgehead atoms. The Labute approximate surface area is 142 Å². The molecule has 1 saturated heterocycles. The summed E-state index contributed by atoms with van der Waals surface area (Å²) in [5, 5.41) is 3.16. The molecular formula is C18H25N3O3. The molecule has 2 aliphatic heterocycles. The van der Waals surface area contributed by atoms with Gasteiger partial charge in [0.05, 0.1) is 17.9 Å². The molecule has 2 amide bonds. The standard InChI is InChI=1S/C18H25N3O3/c1-18(2,3)24-17(23)20-10-8-13(9-11-20)21-15-7-5-4-6-14(15)19-12-16(21)22/h4-7,13,19H,8-12H2,1-3H3. The topological polar surface area (TPSA) is 61.9 Å². The first-order chi connectivity index (χ1) is 11.3. The Morgan fingerprint density at radius 2 is 1.88 bits per heavy atom. The normalized spacial score (nSPS) is 18.9. The van der Waals surface area contributed by atoms with Crippen molar-refractivity contribution in [1.29, 1.82) is 0 Å². The summed E-state index contributed by atoms with van der Waals surface area (Å²) in [4.78, 5) is 28.2. The lowest BCUT2D eigenvalue weighted by Crippen LogP contribution is -2.52. The van der Waals surface area contributed by atoms with Gasteiger partial charge in [-0.15, -0.1) is 0 Å². The first kappa shape index (κ1) is 16.6. The average Bonchev–Trinajstić information content (AvgIpc) is 2.53. The van der Waals surface area contributed by atoms with Crippen LogP contribution in [0.5, 0.6) is 0 Å². The van der Waals surface area contributed by atoms with Gasteiger partial charge >= 0.3 is 6.09 Å². The maximum atomic E-state index is 12.4. The second kappa shape index (κ2) is 6.34. The van der Waals surface area contributed by atoms with Crippen molar-refractivity contribution in [3.63, 3.8) is 0 Å². The highest BCUT2D eigenvalue weighted by Gasteiger charge is 2.34. The fourth-order valence-electron chi connectivity index (χ4n) is 3.26. The van der Waals surface area contributed by atoms with Gasteiger partial charge in [0, 0.05) is 19.1 Å². The van der Waals surface area contributed by atoms with Gasteiger partial charge in [-0.05, 0) is 45.7 Å². The lowest BCUT2D eigenvalue weighted by atomic mass is 10.0. The van der Waals surface area contributed by atoms with Crippen molar-refractivity contribution in [2.24, 2.45) is 0 Å². The molecular weight excluding hydrogens is 306 g/mol. The zero-order chi connectivity index (χ0) is 17.3. The number of para-hydroxylation sites is 2. The van der Waals surface area contributed by atoms with Gasteiger partial charge < -0.3 is 19.9 Å². The van der Waals surface area contributed by atoms with Crippen LogP contribution >= 0.6 is 0 Å². The van der Waals surface area contributed by atoms with Gasteiger partial charge in [-0.3, -0.25) is 4.79 Å². The summed E-state index contributed by atoms with van der Waals surface area (Å²) in [5.74, 6) is 0.0874. The highest BCUT2D eigenvalue weighted by Crippen LogP contribution is 2.33. The van der Waals surface area contributed by atoms with Crippen LogP contribution in [0.2, 0.25) is 0 Å². The summed E-state index contributed by atoms with van der Waals surface area (Å²) in [5.41, 5.74) is 1.44. The van der Waals surface area contributed by atoms with Crippen LogP contribution in [0.15, 0.2) is 24.3 Å². The number of ether oxygens (including phenoxy) is 1. The van der Waals surface area contributed by atoms with Crippen LogP contribution in [0.4, 0.5) is 16.2 Å². The van der Waals surface area contributed by atoms with Crippen molar-refractivity contribution in [3.8, 4) is 0 Å². The van der Waals surface area contributed by atoms with E-state index in [9.17, 15) is 9.59 Å². The third-order valence-electron chi connectivity index (χ3n) is 4.34. The van der Waals surface area contributed by atoms with E-state index in [1.165, 1.54) is 0 Å². The Bertz CT molecular complexity index is 631. The number of benzene rings is 1. The van der Waals surface area contributed by atoms with Crippen molar-refractivity contribution in [1.82, 2.24) is 4.90 Å². The van der Waals surface area contributed by atoms with Crippen LogP contribution < -0.4 is 10.2 Å². The first-order valence-corrected chi connectivity index (χ1v) is 8.48. The van der Waals surface area contributed by atoms with Crippen LogP contribution in [0, 0.1) is 0 Å². The third-order valence-corrected chi connectivity index (χ3v) is 4.34. The number of hydrogen-bond acceptors (Lipinski definition) is 4. The molecule has 6 nitrogen and oxygen atoms in total. The Hall–Kier alpha value is -2.24. The summed E-state index contributed by atoms with van der Waals surface area (Å²) in [6, 6.07) is 8.00. The van der Waals surface area contributed by atoms with Crippen molar-refractivity contribution >= 4 is 23.4 Å². The van der Waals surface area contributed by atoms with E-state index in [0.29, 0.717) is 19.6 Å². The van der Waals surface area contributed by atoms with Gasteiger partial charge in [-0.2, -0.15) is 0 Å². The van der Waals surface area contributed by atoms with Gasteiger partial charge in [-0.1, -0.05) is 12.1 Å². The summed E-state index contributed by atoms with van der Waals surface area (Å²) in [6.07, 6.45) is 1.26. The molecule has 1 aromatic rings. The number of carbonyl (C=O) groups excluding carboxylic acids is 2. The van der Waals surface area contributed by atoms with Crippen molar-refractivity contribution in [3.05, 3.63) is 24.3 Å². The number of fused-ring (bicyclic) bond motifs is 1. The molecule has 1 aromatic carbocycles. The molecule has 1 fully saturated rings. The number of amides is 2. The minimum Gasteiger partial charge on any atom is -0.444 e. The Morgan fingerprint density at radius 1 is 1.21 bits per heavy atom. The Balaban J connectivity index is 1.67. The van der Waals surface area contributed by atoms with Crippen LogP contribution in [0.1, 0.15) is 33.6 Å². The first-order valence-electron chi connectivity index (χ1n) is 8.48. The average molecular weight is 331 g/mol.